The van der Waals surface area contributed by atoms with Crippen LogP contribution in [0.5, 0.6) is 11.5 Å². The highest BCUT2D eigenvalue weighted by Crippen LogP contribution is 2.24. The number of para-hydroxylation sites is 2. The Hall–Kier alpha value is -3.47. The monoisotopic (exact) mass is 416 g/mol. The molecule has 0 aromatic heterocycles. The lowest BCUT2D eigenvalue weighted by Gasteiger charge is -2.36. The molecule has 0 saturated carbocycles. The SMILES string of the molecule is O=C(CCOc1ccccc1O)N1CCN(c2ccc(Cc3ccccc3)cc2)CC1. The molecule has 1 saturated heterocycles. The molecule has 4 rings (SSSR count). The third-order valence-electron chi connectivity index (χ3n) is 5.62. The van der Waals surface area contributed by atoms with Gasteiger partial charge in [-0.3, -0.25) is 4.79 Å². The van der Waals surface area contributed by atoms with Gasteiger partial charge in [-0.05, 0) is 41.8 Å². The molecule has 31 heavy (non-hydrogen) atoms. The van der Waals surface area contributed by atoms with Gasteiger partial charge in [0.25, 0.3) is 0 Å². The lowest BCUT2D eigenvalue weighted by Crippen LogP contribution is -2.49. The van der Waals surface area contributed by atoms with Crippen LogP contribution in [0.15, 0.2) is 78.9 Å². The highest BCUT2D eigenvalue weighted by atomic mass is 16.5. The van der Waals surface area contributed by atoms with Crippen molar-refractivity contribution in [3.63, 3.8) is 0 Å². The van der Waals surface area contributed by atoms with Crippen molar-refractivity contribution in [3.8, 4) is 11.5 Å². The molecule has 0 spiro atoms. The zero-order valence-corrected chi connectivity index (χ0v) is 17.6. The Morgan fingerprint density at radius 2 is 1.45 bits per heavy atom. The van der Waals surface area contributed by atoms with Crippen molar-refractivity contribution < 1.29 is 14.6 Å². The largest absolute Gasteiger partial charge is 0.504 e. The maximum atomic E-state index is 12.5. The summed E-state index contributed by atoms with van der Waals surface area (Å²) in [7, 11) is 0. The van der Waals surface area contributed by atoms with E-state index in [0.717, 1.165) is 19.5 Å². The topological polar surface area (TPSA) is 53.0 Å². The van der Waals surface area contributed by atoms with Crippen molar-refractivity contribution in [1.82, 2.24) is 4.90 Å². The number of benzene rings is 3. The third-order valence-corrected chi connectivity index (χ3v) is 5.62. The van der Waals surface area contributed by atoms with Gasteiger partial charge in [0.1, 0.15) is 0 Å². The Balaban J connectivity index is 1.22. The van der Waals surface area contributed by atoms with Crippen LogP contribution in [0, 0.1) is 0 Å². The van der Waals surface area contributed by atoms with Gasteiger partial charge in [-0.2, -0.15) is 0 Å². The van der Waals surface area contributed by atoms with E-state index in [1.807, 2.05) is 11.0 Å². The molecule has 3 aromatic carbocycles. The molecule has 1 N–H and O–H groups in total. The summed E-state index contributed by atoms with van der Waals surface area (Å²) in [4.78, 5) is 16.7. The van der Waals surface area contributed by atoms with Gasteiger partial charge in [0, 0.05) is 31.9 Å². The molecule has 1 aliphatic rings. The van der Waals surface area contributed by atoms with Gasteiger partial charge >= 0.3 is 0 Å². The maximum absolute atomic E-state index is 12.5. The van der Waals surface area contributed by atoms with Crippen LogP contribution in [0.3, 0.4) is 0 Å². The van der Waals surface area contributed by atoms with Gasteiger partial charge in [-0.1, -0.05) is 54.6 Å². The van der Waals surface area contributed by atoms with Crippen molar-refractivity contribution in [1.29, 1.82) is 0 Å². The van der Waals surface area contributed by atoms with E-state index in [0.29, 0.717) is 25.3 Å². The summed E-state index contributed by atoms with van der Waals surface area (Å²) < 4.78 is 5.53. The van der Waals surface area contributed by atoms with E-state index >= 15 is 0 Å². The lowest BCUT2D eigenvalue weighted by atomic mass is 10.0. The molecule has 0 radical (unpaired) electrons. The minimum atomic E-state index is 0.0910. The van der Waals surface area contributed by atoms with Crippen LogP contribution in [0.2, 0.25) is 0 Å². The molecule has 5 heteroatoms. The van der Waals surface area contributed by atoms with E-state index in [-0.39, 0.29) is 18.3 Å². The number of phenols is 1. The molecule has 3 aromatic rings. The van der Waals surface area contributed by atoms with Crippen LogP contribution >= 0.6 is 0 Å². The number of phenolic OH excluding ortho intramolecular Hbond substituents is 1. The quantitative estimate of drug-likeness (QED) is 0.630. The van der Waals surface area contributed by atoms with Crippen LogP contribution in [-0.2, 0) is 11.2 Å². The van der Waals surface area contributed by atoms with Crippen molar-refractivity contribution in [2.45, 2.75) is 12.8 Å². The van der Waals surface area contributed by atoms with E-state index in [1.165, 1.54) is 16.8 Å². The van der Waals surface area contributed by atoms with Crippen LogP contribution in [0.25, 0.3) is 0 Å². The van der Waals surface area contributed by atoms with E-state index in [2.05, 4.69) is 53.4 Å². The Labute approximate surface area is 183 Å². The van der Waals surface area contributed by atoms with Gasteiger partial charge in [-0.15, -0.1) is 0 Å². The fourth-order valence-electron chi connectivity index (χ4n) is 3.86. The van der Waals surface area contributed by atoms with Gasteiger partial charge in [0.15, 0.2) is 11.5 Å². The highest BCUT2D eigenvalue weighted by Gasteiger charge is 2.21. The summed E-state index contributed by atoms with van der Waals surface area (Å²) in [5.41, 5.74) is 3.81. The summed E-state index contributed by atoms with van der Waals surface area (Å²) in [6.07, 6.45) is 1.24. The van der Waals surface area contributed by atoms with Gasteiger partial charge in [0.2, 0.25) is 5.91 Å². The summed E-state index contributed by atoms with van der Waals surface area (Å²) >= 11 is 0. The number of ether oxygens (including phenoxy) is 1. The van der Waals surface area contributed by atoms with E-state index < -0.39 is 0 Å². The van der Waals surface area contributed by atoms with Gasteiger partial charge in [0.05, 0.1) is 13.0 Å². The average Bonchev–Trinajstić information content (AvgIpc) is 2.81. The Morgan fingerprint density at radius 1 is 0.806 bits per heavy atom. The number of aromatic hydroxyl groups is 1. The number of hydrogen-bond donors (Lipinski definition) is 1. The minimum absolute atomic E-state index is 0.0910. The number of carbonyl (C=O) groups excluding carboxylic acids is 1. The van der Waals surface area contributed by atoms with Crippen LogP contribution in [-0.4, -0.2) is 48.7 Å². The average molecular weight is 417 g/mol. The molecule has 5 nitrogen and oxygen atoms in total. The van der Waals surface area contributed by atoms with Gasteiger partial charge < -0.3 is 19.6 Å². The summed E-state index contributed by atoms with van der Waals surface area (Å²) in [6, 6.07) is 26.0. The zero-order valence-electron chi connectivity index (χ0n) is 17.6. The molecule has 0 bridgehead atoms. The molecule has 160 valence electrons. The third kappa shape index (κ3) is 5.57. The van der Waals surface area contributed by atoms with Crippen molar-refractivity contribution in [3.05, 3.63) is 90.0 Å². The van der Waals surface area contributed by atoms with Crippen LogP contribution < -0.4 is 9.64 Å². The fraction of sp³-hybridized carbons (Fsp3) is 0.269. The molecular formula is C26H28N2O3. The number of nitrogens with zero attached hydrogens (tertiary/aromatic N) is 2. The number of amides is 1. The zero-order chi connectivity index (χ0) is 21.5. The first kappa shape index (κ1) is 20.8. The summed E-state index contributed by atoms with van der Waals surface area (Å²) in [5.74, 6) is 0.600. The van der Waals surface area contributed by atoms with E-state index in [1.54, 1.807) is 24.3 Å². The second-order valence-corrected chi connectivity index (χ2v) is 7.76. The molecule has 1 aliphatic heterocycles. The highest BCUT2D eigenvalue weighted by molar-refractivity contribution is 5.76. The molecule has 0 aliphatic carbocycles. The number of piperazine rings is 1. The molecule has 1 fully saturated rings. The molecular weight excluding hydrogens is 388 g/mol. The number of carbonyl (C=O) groups is 1. The first-order valence-electron chi connectivity index (χ1n) is 10.8. The van der Waals surface area contributed by atoms with Crippen molar-refractivity contribution in [2.24, 2.45) is 0 Å². The van der Waals surface area contributed by atoms with Crippen LogP contribution in [0.4, 0.5) is 5.69 Å². The maximum Gasteiger partial charge on any atom is 0.226 e. The van der Waals surface area contributed by atoms with Gasteiger partial charge in [-0.25, -0.2) is 0 Å². The molecule has 1 amide bonds. The molecule has 0 unspecified atom stereocenters. The number of rotatable bonds is 7. The van der Waals surface area contributed by atoms with E-state index in [4.69, 9.17) is 4.74 Å². The molecule has 1 heterocycles. The standard InChI is InChI=1S/C26H28N2O3/c29-24-8-4-5-9-25(24)31-19-14-26(30)28-17-15-27(16-18-28)23-12-10-22(11-13-23)20-21-6-2-1-3-7-21/h1-13,29H,14-20H2. The summed E-state index contributed by atoms with van der Waals surface area (Å²) in [5, 5.41) is 9.73. The molecule has 0 atom stereocenters. The normalized spacial score (nSPS) is 13.8. The van der Waals surface area contributed by atoms with Crippen molar-refractivity contribution in [2.75, 3.05) is 37.7 Å². The Kier molecular flexibility index (Phi) is 6.72. The number of hydrogen-bond acceptors (Lipinski definition) is 4. The summed E-state index contributed by atoms with van der Waals surface area (Å²) in [6.45, 7) is 3.33. The first-order valence-corrected chi connectivity index (χ1v) is 10.8. The van der Waals surface area contributed by atoms with Crippen LogP contribution in [0.1, 0.15) is 17.5 Å². The predicted molar refractivity (Wildman–Crippen MR) is 123 cm³/mol. The second kappa shape index (κ2) is 10.0. The number of anilines is 1. The smallest absolute Gasteiger partial charge is 0.226 e. The first-order chi connectivity index (χ1) is 15.2. The van der Waals surface area contributed by atoms with Crippen molar-refractivity contribution >= 4 is 11.6 Å². The lowest BCUT2D eigenvalue weighted by molar-refractivity contribution is -0.132. The van der Waals surface area contributed by atoms with E-state index in [9.17, 15) is 9.90 Å². The fourth-order valence-corrected chi connectivity index (χ4v) is 3.86. The predicted octanol–water partition coefficient (Wildman–Crippen LogP) is 4.10. The Morgan fingerprint density at radius 3 is 2.16 bits per heavy atom. The second-order valence-electron chi connectivity index (χ2n) is 7.76. The minimum Gasteiger partial charge on any atom is -0.504 e. The Bertz CT molecular complexity index is 981.